The Kier molecular flexibility index (Phi) is 6.27. The van der Waals surface area contributed by atoms with Gasteiger partial charge < -0.3 is 10.6 Å². The first-order valence-electron chi connectivity index (χ1n) is 7.59. The van der Waals surface area contributed by atoms with Crippen LogP contribution in [0.4, 0.5) is 10.8 Å². The summed E-state index contributed by atoms with van der Waals surface area (Å²) in [5.74, 6) is -0.0487. The van der Waals surface area contributed by atoms with Gasteiger partial charge in [-0.2, -0.15) is 0 Å². The number of carbonyl (C=O) groups is 2. The average Bonchev–Trinajstić information content (AvgIpc) is 3.14. The van der Waals surface area contributed by atoms with Crippen molar-refractivity contribution in [2.75, 3.05) is 16.4 Å². The average molecular weight is 404 g/mol. The zero-order chi connectivity index (χ0) is 18.4. The molecular weight excluding hydrogens is 390 g/mol. The molecule has 1 aromatic heterocycles. The number of hydrogen-bond acceptors (Lipinski definition) is 5. The van der Waals surface area contributed by atoms with Gasteiger partial charge in [-0.3, -0.25) is 9.59 Å². The summed E-state index contributed by atoms with van der Waals surface area (Å²) in [4.78, 5) is 29.0. The smallest absolute Gasteiger partial charge is 0.255 e. The van der Waals surface area contributed by atoms with Crippen LogP contribution in [0.1, 0.15) is 10.4 Å². The Hall–Kier alpha value is -2.35. The van der Waals surface area contributed by atoms with E-state index in [9.17, 15) is 9.59 Å². The van der Waals surface area contributed by atoms with Crippen LogP contribution in [0, 0.1) is 0 Å². The number of benzene rings is 2. The van der Waals surface area contributed by atoms with Crippen LogP contribution in [-0.4, -0.2) is 22.6 Å². The molecule has 0 aliphatic heterocycles. The third-order valence-corrected chi connectivity index (χ3v) is 5.18. The Labute approximate surface area is 163 Å². The molecule has 0 aliphatic rings. The molecule has 0 saturated carbocycles. The van der Waals surface area contributed by atoms with E-state index >= 15 is 0 Å². The molecule has 2 amide bonds. The first-order valence-corrected chi connectivity index (χ1v) is 9.83. The van der Waals surface area contributed by atoms with Crippen LogP contribution in [-0.2, 0) is 4.79 Å². The van der Waals surface area contributed by atoms with Crippen molar-refractivity contribution >= 4 is 57.3 Å². The number of halogens is 1. The summed E-state index contributed by atoms with van der Waals surface area (Å²) in [6.07, 6.45) is 1.64. The van der Waals surface area contributed by atoms with Gasteiger partial charge in [0.1, 0.15) is 0 Å². The maximum absolute atomic E-state index is 12.2. The third-order valence-electron chi connectivity index (χ3n) is 3.25. The Bertz CT molecular complexity index is 899. The van der Waals surface area contributed by atoms with E-state index in [1.165, 1.54) is 23.1 Å². The van der Waals surface area contributed by atoms with E-state index < -0.39 is 0 Å². The molecular formula is C18H14ClN3O2S2. The quantitative estimate of drug-likeness (QED) is 0.581. The van der Waals surface area contributed by atoms with Gasteiger partial charge in [0.2, 0.25) is 5.91 Å². The molecule has 0 saturated heterocycles. The minimum Gasteiger partial charge on any atom is -0.322 e. The van der Waals surface area contributed by atoms with Gasteiger partial charge in [-0.15, -0.1) is 23.1 Å². The van der Waals surface area contributed by atoms with E-state index in [2.05, 4.69) is 15.6 Å². The van der Waals surface area contributed by atoms with Crippen LogP contribution in [0.2, 0.25) is 5.02 Å². The highest BCUT2D eigenvalue weighted by Crippen LogP contribution is 2.21. The summed E-state index contributed by atoms with van der Waals surface area (Å²) in [7, 11) is 0. The van der Waals surface area contributed by atoms with E-state index in [1.54, 1.807) is 48.0 Å². The zero-order valence-corrected chi connectivity index (χ0v) is 15.8. The van der Waals surface area contributed by atoms with E-state index in [0.717, 1.165) is 4.90 Å². The fourth-order valence-electron chi connectivity index (χ4n) is 2.06. The van der Waals surface area contributed by atoms with Crippen LogP contribution >= 0.6 is 34.7 Å². The van der Waals surface area contributed by atoms with Crippen LogP contribution < -0.4 is 10.6 Å². The lowest BCUT2D eigenvalue weighted by Gasteiger charge is -2.07. The van der Waals surface area contributed by atoms with Gasteiger partial charge in [0.05, 0.1) is 5.75 Å². The highest BCUT2D eigenvalue weighted by Gasteiger charge is 2.08. The number of nitrogens with one attached hydrogen (secondary N) is 2. The molecule has 3 rings (SSSR count). The molecule has 132 valence electrons. The number of thioether (sulfide) groups is 1. The van der Waals surface area contributed by atoms with Crippen molar-refractivity contribution in [2.24, 2.45) is 0 Å². The number of nitrogens with zero attached hydrogens (tertiary/aromatic N) is 1. The maximum atomic E-state index is 12.2. The Morgan fingerprint density at radius 3 is 2.62 bits per heavy atom. The highest BCUT2D eigenvalue weighted by atomic mass is 35.5. The van der Waals surface area contributed by atoms with Crippen molar-refractivity contribution in [3.05, 3.63) is 70.7 Å². The summed E-state index contributed by atoms with van der Waals surface area (Å²) in [5.41, 5.74) is 1.17. The second kappa shape index (κ2) is 8.84. The summed E-state index contributed by atoms with van der Waals surface area (Å²) in [6, 6.07) is 14.1. The molecule has 0 unspecified atom stereocenters. The van der Waals surface area contributed by atoms with Gasteiger partial charge in [0.25, 0.3) is 5.91 Å². The van der Waals surface area contributed by atoms with Gasteiger partial charge in [0, 0.05) is 32.7 Å². The Balaban J connectivity index is 1.51. The molecule has 26 heavy (non-hydrogen) atoms. The van der Waals surface area contributed by atoms with Gasteiger partial charge in [-0.1, -0.05) is 17.7 Å². The van der Waals surface area contributed by atoms with E-state index in [1.807, 2.05) is 12.1 Å². The second-order valence-corrected chi connectivity index (χ2v) is 7.54. The lowest BCUT2D eigenvalue weighted by molar-refractivity contribution is -0.113. The number of carbonyl (C=O) groups excluding carboxylic acids is 2. The minimum atomic E-state index is -0.226. The zero-order valence-electron chi connectivity index (χ0n) is 13.4. The first-order chi connectivity index (χ1) is 12.6. The van der Waals surface area contributed by atoms with Crippen molar-refractivity contribution in [1.29, 1.82) is 0 Å². The number of amides is 2. The molecule has 0 bridgehead atoms. The Morgan fingerprint density at radius 2 is 1.92 bits per heavy atom. The first kappa shape index (κ1) is 18.4. The minimum absolute atomic E-state index is 0.108. The second-order valence-electron chi connectivity index (χ2n) is 5.16. The number of thiazole rings is 1. The predicted molar refractivity (Wildman–Crippen MR) is 107 cm³/mol. The van der Waals surface area contributed by atoms with E-state index in [0.29, 0.717) is 21.4 Å². The van der Waals surface area contributed by atoms with E-state index in [4.69, 9.17) is 11.6 Å². The molecule has 2 aromatic carbocycles. The van der Waals surface area contributed by atoms with E-state index in [-0.39, 0.29) is 17.6 Å². The number of anilines is 2. The number of aromatic nitrogens is 1. The van der Waals surface area contributed by atoms with Crippen molar-refractivity contribution in [1.82, 2.24) is 4.98 Å². The van der Waals surface area contributed by atoms with Crippen LogP contribution in [0.15, 0.2) is 65.0 Å². The normalized spacial score (nSPS) is 10.3. The molecule has 0 aliphatic carbocycles. The molecule has 8 heteroatoms. The molecule has 5 nitrogen and oxygen atoms in total. The summed E-state index contributed by atoms with van der Waals surface area (Å²) in [6.45, 7) is 0. The lowest BCUT2D eigenvalue weighted by Crippen LogP contribution is -2.13. The fourth-order valence-corrected chi connectivity index (χ4v) is 3.49. The molecule has 0 atom stereocenters. The molecule has 0 spiro atoms. The topological polar surface area (TPSA) is 71.1 Å². The van der Waals surface area contributed by atoms with Crippen molar-refractivity contribution in [2.45, 2.75) is 4.90 Å². The van der Waals surface area contributed by atoms with Gasteiger partial charge in [-0.05, 0) is 42.5 Å². The third kappa shape index (κ3) is 5.32. The molecule has 0 radical (unpaired) electrons. The summed E-state index contributed by atoms with van der Waals surface area (Å²) < 4.78 is 0. The summed E-state index contributed by atoms with van der Waals surface area (Å²) >= 11 is 8.69. The molecule has 3 aromatic rings. The SMILES string of the molecule is O=C(CSc1ccc(NC(=O)c2cccc(Cl)c2)cc1)Nc1nccs1. The van der Waals surface area contributed by atoms with Crippen LogP contribution in [0.3, 0.4) is 0 Å². The monoisotopic (exact) mass is 403 g/mol. The van der Waals surface area contributed by atoms with Crippen molar-refractivity contribution in [3.63, 3.8) is 0 Å². The fraction of sp³-hybridized carbons (Fsp3) is 0.0556. The van der Waals surface area contributed by atoms with Crippen molar-refractivity contribution in [3.8, 4) is 0 Å². The standard InChI is InChI=1S/C18H14ClN3O2S2/c19-13-3-1-2-12(10-13)17(24)21-14-4-6-15(7-5-14)26-11-16(23)22-18-20-8-9-25-18/h1-10H,11H2,(H,21,24)(H,20,22,23). The molecule has 0 fully saturated rings. The van der Waals surface area contributed by atoms with Gasteiger partial charge in [0.15, 0.2) is 5.13 Å². The van der Waals surface area contributed by atoms with Crippen LogP contribution in [0.5, 0.6) is 0 Å². The Morgan fingerprint density at radius 1 is 1.12 bits per heavy atom. The molecule has 1 heterocycles. The number of hydrogen-bond donors (Lipinski definition) is 2. The number of rotatable bonds is 6. The molecule has 2 N–H and O–H groups in total. The van der Waals surface area contributed by atoms with Gasteiger partial charge in [-0.25, -0.2) is 4.98 Å². The largest absolute Gasteiger partial charge is 0.322 e. The maximum Gasteiger partial charge on any atom is 0.255 e. The van der Waals surface area contributed by atoms with Crippen LogP contribution in [0.25, 0.3) is 0 Å². The highest BCUT2D eigenvalue weighted by molar-refractivity contribution is 8.00. The van der Waals surface area contributed by atoms with Crippen molar-refractivity contribution < 1.29 is 9.59 Å². The summed E-state index contributed by atoms with van der Waals surface area (Å²) in [5, 5.41) is 8.46. The van der Waals surface area contributed by atoms with Gasteiger partial charge >= 0.3 is 0 Å². The predicted octanol–water partition coefficient (Wildman–Crippen LogP) is 4.78. The lowest BCUT2D eigenvalue weighted by atomic mass is 10.2.